The highest BCUT2D eigenvalue weighted by molar-refractivity contribution is 6.34. The number of anilines is 2. The fourth-order valence-corrected chi connectivity index (χ4v) is 2.37. The second-order valence-electron chi connectivity index (χ2n) is 4.61. The van der Waals surface area contributed by atoms with E-state index in [1.54, 1.807) is 24.3 Å². The Morgan fingerprint density at radius 3 is 2.57 bits per heavy atom. The van der Waals surface area contributed by atoms with Crippen molar-refractivity contribution in [3.63, 3.8) is 0 Å². The summed E-state index contributed by atoms with van der Waals surface area (Å²) in [4.78, 5) is 14.1. The summed E-state index contributed by atoms with van der Waals surface area (Å²) >= 11 is 5.98. The Labute approximate surface area is 128 Å². The number of hydrogen-bond acceptors (Lipinski definition) is 2. The lowest BCUT2D eigenvalue weighted by Gasteiger charge is -2.24. The average molecular weight is 307 g/mol. The van der Waals surface area contributed by atoms with Crippen molar-refractivity contribution >= 4 is 28.9 Å². The first kappa shape index (κ1) is 15.3. The van der Waals surface area contributed by atoms with Gasteiger partial charge in [0.15, 0.2) is 0 Å². The summed E-state index contributed by atoms with van der Waals surface area (Å²) in [5, 5.41) is 0.0932. The van der Waals surface area contributed by atoms with Crippen LogP contribution in [0.5, 0.6) is 0 Å². The van der Waals surface area contributed by atoms with Crippen molar-refractivity contribution in [2.24, 2.45) is 0 Å². The van der Waals surface area contributed by atoms with Gasteiger partial charge >= 0.3 is 0 Å². The van der Waals surface area contributed by atoms with E-state index in [0.717, 1.165) is 0 Å². The van der Waals surface area contributed by atoms with Crippen molar-refractivity contribution in [1.82, 2.24) is 0 Å². The summed E-state index contributed by atoms with van der Waals surface area (Å²) in [7, 11) is 0. The number of rotatable bonds is 4. The minimum atomic E-state index is -0.636. The summed E-state index contributed by atoms with van der Waals surface area (Å²) in [6, 6.07) is 11.2. The molecule has 0 fully saturated rings. The molecule has 0 bridgehead atoms. The van der Waals surface area contributed by atoms with Crippen LogP contribution in [-0.2, 0) is 0 Å². The molecule has 2 aromatic carbocycles. The first-order valence-corrected chi connectivity index (χ1v) is 7.04. The molecule has 0 spiro atoms. The monoisotopic (exact) mass is 306 g/mol. The van der Waals surface area contributed by atoms with Gasteiger partial charge in [0.25, 0.3) is 5.91 Å². The molecule has 0 saturated heterocycles. The van der Waals surface area contributed by atoms with E-state index >= 15 is 0 Å². The summed E-state index contributed by atoms with van der Waals surface area (Å²) in [6.45, 7) is 2.36. The highest BCUT2D eigenvalue weighted by Crippen LogP contribution is 2.27. The maximum atomic E-state index is 14.0. The van der Waals surface area contributed by atoms with Gasteiger partial charge in [0, 0.05) is 6.54 Å². The maximum absolute atomic E-state index is 14.0. The van der Waals surface area contributed by atoms with Crippen LogP contribution in [0.1, 0.15) is 23.7 Å². The number of nitrogens with two attached hydrogens (primary N) is 1. The number of benzene rings is 2. The van der Waals surface area contributed by atoms with Crippen molar-refractivity contribution in [2.45, 2.75) is 13.3 Å². The quantitative estimate of drug-likeness (QED) is 0.864. The van der Waals surface area contributed by atoms with Crippen LogP contribution in [-0.4, -0.2) is 12.5 Å². The molecule has 21 heavy (non-hydrogen) atoms. The van der Waals surface area contributed by atoms with Crippen molar-refractivity contribution < 1.29 is 9.18 Å². The highest BCUT2D eigenvalue weighted by Gasteiger charge is 2.23. The Balaban J connectivity index is 2.48. The van der Waals surface area contributed by atoms with Crippen molar-refractivity contribution in [2.75, 3.05) is 17.2 Å². The summed E-state index contributed by atoms with van der Waals surface area (Å²) in [5.74, 6) is -1.12. The molecule has 0 saturated carbocycles. The van der Waals surface area contributed by atoms with Gasteiger partial charge in [0.05, 0.1) is 22.0 Å². The molecule has 0 radical (unpaired) electrons. The van der Waals surface area contributed by atoms with Gasteiger partial charge in [-0.05, 0) is 30.7 Å². The number of halogens is 2. The summed E-state index contributed by atoms with van der Waals surface area (Å²) in [5.41, 5.74) is 6.82. The van der Waals surface area contributed by atoms with E-state index in [0.29, 0.717) is 24.3 Å². The van der Waals surface area contributed by atoms with E-state index in [-0.39, 0.29) is 10.6 Å². The van der Waals surface area contributed by atoms with Gasteiger partial charge in [-0.3, -0.25) is 4.79 Å². The molecule has 5 heteroatoms. The predicted octanol–water partition coefficient (Wildman–Crippen LogP) is 4.12. The topological polar surface area (TPSA) is 46.3 Å². The number of amides is 1. The molecule has 3 nitrogen and oxygen atoms in total. The zero-order valence-corrected chi connectivity index (χ0v) is 12.4. The number of carbonyl (C=O) groups excluding carboxylic acids is 1. The van der Waals surface area contributed by atoms with Crippen LogP contribution >= 0.6 is 11.6 Å². The standard InChI is InChI=1S/C16H16ClFN2O/c1-2-10-20(14-9-4-3-8-13(14)19)16(21)15-11(17)6-5-7-12(15)18/h3-9H,2,10,19H2,1H3. The molecular weight excluding hydrogens is 291 g/mol. The van der Waals surface area contributed by atoms with Gasteiger partial charge < -0.3 is 10.6 Å². The fraction of sp³-hybridized carbons (Fsp3) is 0.188. The van der Waals surface area contributed by atoms with Crippen LogP contribution in [0.4, 0.5) is 15.8 Å². The lowest BCUT2D eigenvalue weighted by molar-refractivity contribution is 0.0983. The van der Waals surface area contributed by atoms with E-state index < -0.39 is 11.7 Å². The molecule has 0 unspecified atom stereocenters. The van der Waals surface area contributed by atoms with E-state index in [2.05, 4.69) is 0 Å². The minimum Gasteiger partial charge on any atom is -0.397 e. The molecule has 0 aliphatic heterocycles. The molecule has 110 valence electrons. The number of hydrogen-bond donors (Lipinski definition) is 1. The minimum absolute atomic E-state index is 0.0932. The fourth-order valence-electron chi connectivity index (χ4n) is 2.13. The highest BCUT2D eigenvalue weighted by atomic mass is 35.5. The Kier molecular flexibility index (Phi) is 4.81. The largest absolute Gasteiger partial charge is 0.397 e. The van der Waals surface area contributed by atoms with Gasteiger partial charge in [0.1, 0.15) is 5.82 Å². The summed E-state index contributed by atoms with van der Waals surface area (Å²) in [6.07, 6.45) is 0.714. The van der Waals surface area contributed by atoms with Gasteiger partial charge in [-0.1, -0.05) is 36.7 Å². The SMILES string of the molecule is CCCN(C(=O)c1c(F)cccc1Cl)c1ccccc1N. The molecule has 2 N–H and O–H groups in total. The number of nitrogen functional groups attached to an aromatic ring is 1. The third kappa shape index (κ3) is 3.16. The molecule has 1 amide bonds. The van der Waals surface area contributed by atoms with E-state index in [1.165, 1.54) is 23.1 Å². The smallest absolute Gasteiger partial charge is 0.262 e. The Bertz CT molecular complexity index is 640. The van der Waals surface area contributed by atoms with Gasteiger partial charge in [-0.25, -0.2) is 4.39 Å². The molecule has 2 rings (SSSR count). The van der Waals surface area contributed by atoms with Crippen LogP contribution in [0.15, 0.2) is 42.5 Å². The van der Waals surface area contributed by atoms with Crippen LogP contribution in [0.25, 0.3) is 0 Å². The van der Waals surface area contributed by atoms with Crippen LogP contribution < -0.4 is 10.6 Å². The van der Waals surface area contributed by atoms with Crippen LogP contribution in [0.3, 0.4) is 0 Å². The number of nitrogens with zero attached hydrogens (tertiary/aromatic N) is 1. The second kappa shape index (κ2) is 6.59. The Hall–Kier alpha value is -2.07. The van der Waals surface area contributed by atoms with Crippen LogP contribution in [0, 0.1) is 5.82 Å². The molecule has 0 heterocycles. The van der Waals surface area contributed by atoms with Gasteiger partial charge in [-0.15, -0.1) is 0 Å². The molecular formula is C16H16ClFN2O. The van der Waals surface area contributed by atoms with E-state index in [9.17, 15) is 9.18 Å². The van der Waals surface area contributed by atoms with Crippen molar-refractivity contribution in [3.8, 4) is 0 Å². The van der Waals surface area contributed by atoms with E-state index in [1.807, 2.05) is 6.92 Å². The molecule has 0 aliphatic rings. The zero-order chi connectivity index (χ0) is 15.4. The maximum Gasteiger partial charge on any atom is 0.262 e. The van der Waals surface area contributed by atoms with Gasteiger partial charge in [-0.2, -0.15) is 0 Å². The lowest BCUT2D eigenvalue weighted by Crippen LogP contribution is -2.33. The predicted molar refractivity (Wildman–Crippen MR) is 84.2 cm³/mol. The third-order valence-electron chi connectivity index (χ3n) is 3.10. The lowest BCUT2D eigenvalue weighted by atomic mass is 10.1. The first-order valence-electron chi connectivity index (χ1n) is 6.66. The molecule has 2 aromatic rings. The third-order valence-corrected chi connectivity index (χ3v) is 3.41. The second-order valence-corrected chi connectivity index (χ2v) is 5.02. The summed E-state index contributed by atoms with van der Waals surface area (Å²) < 4.78 is 14.0. The Morgan fingerprint density at radius 2 is 1.95 bits per heavy atom. The van der Waals surface area contributed by atoms with Gasteiger partial charge in [0.2, 0.25) is 0 Å². The molecule has 0 aliphatic carbocycles. The van der Waals surface area contributed by atoms with E-state index in [4.69, 9.17) is 17.3 Å². The van der Waals surface area contributed by atoms with Crippen molar-refractivity contribution in [1.29, 1.82) is 0 Å². The molecule has 0 atom stereocenters. The zero-order valence-electron chi connectivity index (χ0n) is 11.6. The Morgan fingerprint density at radius 1 is 1.24 bits per heavy atom. The first-order chi connectivity index (χ1) is 10.1. The molecule has 0 aromatic heterocycles. The number of carbonyl (C=O) groups is 1. The average Bonchev–Trinajstić information content (AvgIpc) is 2.45. The van der Waals surface area contributed by atoms with Crippen molar-refractivity contribution in [3.05, 3.63) is 58.9 Å². The number of para-hydroxylation sites is 2. The van der Waals surface area contributed by atoms with Crippen LogP contribution in [0.2, 0.25) is 5.02 Å². The normalized spacial score (nSPS) is 10.4.